The Labute approximate surface area is 85.8 Å². The summed E-state index contributed by atoms with van der Waals surface area (Å²) in [6.07, 6.45) is 2.63. The van der Waals surface area contributed by atoms with Gasteiger partial charge < -0.3 is 11.1 Å². The van der Waals surface area contributed by atoms with E-state index in [1.54, 1.807) is 6.92 Å². The van der Waals surface area contributed by atoms with E-state index in [2.05, 4.69) is 17.1 Å². The first-order valence-corrected chi connectivity index (χ1v) is 5.42. The van der Waals surface area contributed by atoms with Crippen LogP contribution < -0.4 is 11.1 Å². The van der Waals surface area contributed by atoms with Crippen molar-refractivity contribution in [3.05, 3.63) is 0 Å². The molecule has 0 radical (unpaired) electrons. The van der Waals surface area contributed by atoms with E-state index >= 15 is 0 Å². The van der Waals surface area contributed by atoms with Crippen LogP contribution in [-0.4, -0.2) is 42.5 Å². The van der Waals surface area contributed by atoms with Crippen LogP contribution in [0.3, 0.4) is 0 Å². The fourth-order valence-corrected chi connectivity index (χ4v) is 1.52. The largest absolute Gasteiger partial charge is 0.353 e. The Morgan fingerprint density at radius 3 is 2.71 bits per heavy atom. The molecule has 0 bridgehead atoms. The van der Waals surface area contributed by atoms with E-state index in [0.29, 0.717) is 6.54 Å². The molecule has 4 nitrogen and oxygen atoms in total. The van der Waals surface area contributed by atoms with Crippen LogP contribution in [0.15, 0.2) is 0 Å². The van der Waals surface area contributed by atoms with Crippen molar-refractivity contribution in [1.82, 2.24) is 10.2 Å². The maximum atomic E-state index is 11.1. The molecule has 1 atom stereocenters. The van der Waals surface area contributed by atoms with Gasteiger partial charge >= 0.3 is 0 Å². The summed E-state index contributed by atoms with van der Waals surface area (Å²) in [6, 6.07) is 0.373. The second kappa shape index (κ2) is 5.32. The summed E-state index contributed by atoms with van der Waals surface area (Å²) in [5, 5.41) is 2.82. The third-order valence-corrected chi connectivity index (χ3v) is 2.58. The molecule has 1 fully saturated rings. The molecule has 0 aromatic heterocycles. The molecule has 14 heavy (non-hydrogen) atoms. The minimum absolute atomic E-state index is 0.0585. The predicted octanol–water partition coefficient (Wildman–Crippen LogP) is -0.0659. The Hall–Kier alpha value is -0.610. The lowest BCUT2D eigenvalue weighted by Gasteiger charge is -2.20. The van der Waals surface area contributed by atoms with Gasteiger partial charge in [0.15, 0.2) is 0 Å². The van der Waals surface area contributed by atoms with E-state index in [-0.39, 0.29) is 5.91 Å². The number of carbonyl (C=O) groups excluding carboxylic acids is 1. The zero-order chi connectivity index (χ0) is 10.6. The molecule has 1 unspecified atom stereocenters. The van der Waals surface area contributed by atoms with E-state index in [9.17, 15) is 4.79 Å². The van der Waals surface area contributed by atoms with Crippen molar-refractivity contribution in [1.29, 1.82) is 0 Å². The zero-order valence-corrected chi connectivity index (χ0v) is 9.12. The third kappa shape index (κ3) is 3.64. The Morgan fingerprint density at radius 2 is 2.29 bits per heavy atom. The molecule has 1 aliphatic rings. The van der Waals surface area contributed by atoms with Gasteiger partial charge in [-0.2, -0.15) is 0 Å². The minimum atomic E-state index is -0.397. The van der Waals surface area contributed by atoms with Crippen LogP contribution in [0.1, 0.15) is 26.7 Å². The fourth-order valence-electron chi connectivity index (χ4n) is 1.52. The molecule has 82 valence electrons. The van der Waals surface area contributed by atoms with Crippen molar-refractivity contribution >= 4 is 5.91 Å². The topological polar surface area (TPSA) is 58.4 Å². The molecule has 0 saturated heterocycles. The van der Waals surface area contributed by atoms with Gasteiger partial charge in [0.1, 0.15) is 0 Å². The Balaban J connectivity index is 2.09. The minimum Gasteiger partial charge on any atom is -0.353 e. The number of amides is 1. The van der Waals surface area contributed by atoms with Gasteiger partial charge in [0.05, 0.1) is 6.04 Å². The van der Waals surface area contributed by atoms with Gasteiger partial charge in [-0.15, -0.1) is 0 Å². The van der Waals surface area contributed by atoms with Crippen molar-refractivity contribution in [3.8, 4) is 0 Å². The number of nitrogens with zero attached hydrogens (tertiary/aromatic N) is 1. The molecule has 1 aliphatic carbocycles. The van der Waals surface area contributed by atoms with Gasteiger partial charge in [-0.25, -0.2) is 0 Å². The first kappa shape index (κ1) is 11.5. The van der Waals surface area contributed by atoms with Gasteiger partial charge in [0, 0.05) is 19.1 Å². The van der Waals surface area contributed by atoms with E-state index < -0.39 is 6.04 Å². The molecule has 0 heterocycles. The summed E-state index contributed by atoms with van der Waals surface area (Å²) in [4.78, 5) is 13.5. The van der Waals surface area contributed by atoms with Gasteiger partial charge in [0.25, 0.3) is 0 Å². The van der Waals surface area contributed by atoms with Crippen LogP contribution in [0.25, 0.3) is 0 Å². The van der Waals surface area contributed by atoms with Gasteiger partial charge in [0.2, 0.25) is 5.91 Å². The summed E-state index contributed by atoms with van der Waals surface area (Å²) in [5.74, 6) is -0.0585. The van der Waals surface area contributed by atoms with Crippen molar-refractivity contribution in [2.45, 2.75) is 38.8 Å². The maximum absolute atomic E-state index is 11.1. The average Bonchev–Trinajstić information content (AvgIpc) is 2.95. The first-order valence-electron chi connectivity index (χ1n) is 5.42. The number of hydrogen-bond donors (Lipinski definition) is 2. The number of hydrogen-bond acceptors (Lipinski definition) is 3. The molecule has 0 aromatic carbocycles. The molecule has 4 heteroatoms. The fraction of sp³-hybridized carbons (Fsp3) is 0.900. The van der Waals surface area contributed by atoms with Gasteiger partial charge in [-0.3, -0.25) is 9.69 Å². The predicted molar refractivity (Wildman–Crippen MR) is 56.9 cm³/mol. The average molecular weight is 199 g/mol. The van der Waals surface area contributed by atoms with Crippen LogP contribution >= 0.6 is 0 Å². The Bertz CT molecular complexity index is 190. The SMILES string of the molecule is CCN(CCNC(=O)C(C)N)C1CC1. The lowest BCUT2D eigenvalue weighted by molar-refractivity contribution is -0.122. The second-order valence-electron chi connectivity index (χ2n) is 3.94. The number of likely N-dealkylation sites (N-methyl/N-ethyl adjacent to an activating group) is 1. The molecule has 1 saturated carbocycles. The third-order valence-electron chi connectivity index (χ3n) is 2.58. The maximum Gasteiger partial charge on any atom is 0.236 e. The molecule has 1 amide bonds. The van der Waals surface area contributed by atoms with Crippen LogP contribution in [0.4, 0.5) is 0 Å². The Kier molecular flexibility index (Phi) is 4.35. The molecular weight excluding hydrogens is 178 g/mol. The van der Waals surface area contributed by atoms with E-state index in [0.717, 1.165) is 19.1 Å². The smallest absolute Gasteiger partial charge is 0.236 e. The lowest BCUT2D eigenvalue weighted by Crippen LogP contribution is -2.42. The number of nitrogens with one attached hydrogen (secondary N) is 1. The lowest BCUT2D eigenvalue weighted by atomic mass is 10.3. The zero-order valence-electron chi connectivity index (χ0n) is 9.12. The molecule has 1 rings (SSSR count). The standard InChI is InChI=1S/C10H21N3O/c1-3-13(9-4-5-9)7-6-12-10(14)8(2)11/h8-9H,3-7,11H2,1-2H3,(H,12,14). The summed E-state index contributed by atoms with van der Waals surface area (Å²) in [5.41, 5.74) is 5.43. The normalized spacial score (nSPS) is 18.3. The van der Waals surface area contributed by atoms with Crippen molar-refractivity contribution in [2.24, 2.45) is 5.73 Å². The van der Waals surface area contributed by atoms with Crippen molar-refractivity contribution in [2.75, 3.05) is 19.6 Å². The molecule has 0 aliphatic heterocycles. The molecule has 0 aromatic rings. The summed E-state index contributed by atoms with van der Waals surface area (Å²) in [7, 11) is 0. The van der Waals surface area contributed by atoms with E-state index in [1.165, 1.54) is 12.8 Å². The van der Waals surface area contributed by atoms with Crippen molar-refractivity contribution < 1.29 is 4.79 Å². The summed E-state index contributed by atoms with van der Waals surface area (Å²) >= 11 is 0. The first-order chi connectivity index (χ1) is 6.65. The second-order valence-corrected chi connectivity index (χ2v) is 3.94. The van der Waals surface area contributed by atoms with E-state index in [1.807, 2.05) is 0 Å². The highest BCUT2D eigenvalue weighted by atomic mass is 16.2. The number of nitrogens with two attached hydrogens (primary N) is 1. The van der Waals surface area contributed by atoms with Crippen LogP contribution in [-0.2, 0) is 4.79 Å². The van der Waals surface area contributed by atoms with E-state index in [4.69, 9.17) is 5.73 Å². The van der Waals surface area contributed by atoms with Crippen LogP contribution in [0, 0.1) is 0 Å². The van der Waals surface area contributed by atoms with Crippen LogP contribution in [0.2, 0.25) is 0 Å². The molecular formula is C10H21N3O. The van der Waals surface area contributed by atoms with Gasteiger partial charge in [-0.05, 0) is 26.3 Å². The highest BCUT2D eigenvalue weighted by Gasteiger charge is 2.27. The number of rotatable bonds is 6. The summed E-state index contributed by atoms with van der Waals surface area (Å²) < 4.78 is 0. The monoisotopic (exact) mass is 199 g/mol. The quantitative estimate of drug-likeness (QED) is 0.630. The molecule has 0 spiro atoms. The highest BCUT2D eigenvalue weighted by molar-refractivity contribution is 5.80. The van der Waals surface area contributed by atoms with Crippen LogP contribution in [0.5, 0.6) is 0 Å². The summed E-state index contributed by atoms with van der Waals surface area (Å²) in [6.45, 7) is 6.59. The highest BCUT2D eigenvalue weighted by Crippen LogP contribution is 2.25. The molecule has 3 N–H and O–H groups in total. The van der Waals surface area contributed by atoms with Crippen molar-refractivity contribution in [3.63, 3.8) is 0 Å². The number of carbonyl (C=O) groups is 1. The van der Waals surface area contributed by atoms with Gasteiger partial charge in [-0.1, -0.05) is 6.92 Å². The Morgan fingerprint density at radius 1 is 1.64 bits per heavy atom.